The number of carbonyl (C=O) groups is 1. The van der Waals surface area contributed by atoms with Gasteiger partial charge in [0.25, 0.3) is 0 Å². The Bertz CT molecular complexity index is 288. The van der Waals surface area contributed by atoms with E-state index in [-0.39, 0.29) is 0 Å². The van der Waals surface area contributed by atoms with Crippen LogP contribution in [-0.4, -0.2) is 13.0 Å². The van der Waals surface area contributed by atoms with Gasteiger partial charge in [-0.15, -0.1) is 0 Å². The van der Waals surface area contributed by atoms with E-state index in [1.165, 1.54) is 0 Å². The van der Waals surface area contributed by atoms with E-state index in [0.717, 1.165) is 0 Å². The first kappa shape index (κ1) is 8.87. The van der Waals surface area contributed by atoms with Crippen molar-refractivity contribution in [1.29, 1.82) is 0 Å². The Kier molecular flexibility index (Phi) is 2.94. The minimum Gasteiger partial charge on any atom is -0.387 e. The van der Waals surface area contributed by atoms with Crippen LogP contribution in [0.2, 0.25) is 0 Å². The lowest BCUT2D eigenvalue weighted by molar-refractivity contribution is 0.0752. The van der Waals surface area contributed by atoms with Gasteiger partial charge < -0.3 is 9.61 Å². The van der Waals surface area contributed by atoms with Gasteiger partial charge in [-0.25, -0.2) is 4.79 Å². The maximum atomic E-state index is 11.0. The molecule has 1 aromatic rings. The third-order valence-corrected chi connectivity index (χ3v) is 1.63. The predicted octanol–water partition coefficient (Wildman–Crippen LogP) is 2.04. The number of carbonyl (C=O) groups excluding carboxylic acids is 1. The Balaban J connectivity index is 3.04. The van der Waals surface area contributed by atoms with Gasteiger partial charge >= 0.3 is 5.97 Å². The molecular weight excluding hydrogens is 178 g/mol. The number of halogens is 1. The smallest absolute Gasteiger partial charge is 0.358 e. The summed E-state index contributed by atoms with van der Waals surface area (Å²) in [5.41, 5.74) is 1.12. The third-order valence-electron chi connectivity index (χ3n) is 1.49. The molecule has 0 heterocycles. The molecule has 0 amide bonds. The van der Waals surface area contributed by atoms with Crippen molar-refractivity contribution in [2.45, 2.75) is 0 Å². The molecule has 0 aromatic heterocycles. The predicted molar refractivity (Wildman–Crippen MR) is 47.3 cm³/mol. The largest absolute Gasteiger partial charge is 0.387 e. The molecular formula is C8H8ClNO2. The highest BCUT2D eigenvalue weighted by Crippen LogP contribution is 2.15. The fraction of sp³-hybridized carbons (Fsp3) is 0.125. The molecule has 1 rings (SSSR count). The molecule has 0 radical (unpaired) electrons. The van der Waals surface area contributed by atoms with Crippen molar-refractivity contribution >= 4 is 23.5 Å². The maximum absolute atomic E-state index is 11.0. The molecule has 1 N–H and O–H groups in total. The average Bonchev–Trinajstić information content (AvgIpc) is 2.16. The van der Waals surface area contributed by atoms with E-state index in [2.05, 4.69) is 9.61 Å². The lowest BCUT2D eigenvalue weighted by Gasteiger charge is -2.04. The highest BCUT2D eigenvalue weighted by atomic mass is 35.5. The summed E-state index contributed by atoms with van der Waals surface area (Å²) in [6.07, 6.45) is 0. The zero-order valence-electron chi connectivity index (χ0n) is 6.50. The molecule has 0 saturated carbocycles. The van der Waals surface area contributed by atoms with Gasteiger partial charge in [0.1, 0.15) is 11.9 Å². The molecule has 12 heavy (non-hydrogen) atoms. The highest BCUT2D eigenvalue weighted by Gasteiger charge is 2.09. The van der Waals surface area contributed by atoms with Gasteiger partial charge in [0.05, 0.1) is 5.56 Å². The van der Waals surface area contributed by atoms with E-state index < -0.39 is 5.97 Å². The summed E-state index contributed by atoms with van der Waals surface area (Å²) in [6, 6.07) is 6.96. The standard InChI is InChI=1S/C8H8ClNO2/c1-10-7-5-3-2-4-6(7)8(11)12-9/h2-5,10H,1H3. The van der Waals surface area contributed by atoms with Gasteiger partial charge in [0.2, 0.25) is 0 Å². The molecule has 0 bridgehead atoms. The molecule has 1 aromatic carbocycles. The van der Waals surface area contributed by atoms with Crippen LogP contribution in [0.4, 0.5) is 5.69 Å². The topological polar surface area (TPSA) is 38.3 Å². The van der Waals surface area contributed by atoms with Crippen LogP contribution in [0.5, 0.6) is 0 Å². The monoisotopic (exact) mass is 185 g/mol. The summed E-state index contributed by atoms with van der Waals surface area (Å²) < 4.78 is 4.07. The van der Waals surface area contributed by atoms with Gasteiger partial charge in [-0.05, 0) is 12.1 Å². The number of rotatable bonds is 2. The summed E-state index contributed by atoms with van der Waals surface area (Å²) in [4.78, 5) is 11.0. The Morgan fingerprint density at radius 1 is 1.50 bits per heavy atom. The Morgan fingerprint density at radius 2 is 2.17 bits per heavy atom. The minimum absolute atomic E-state index is 0.426. The van der Waals surface area contributed by atoms with E-state index in [9.17, 15) is 4.79 Å². The van der Waals surface area contributed by atoms with Crippen molar-refractivity contribution in [2.24, 2.45) is 0 Å². The van der Waals surface area contributed by atoms with Crippen LogP contribution in [0.3, 0.4) is 0 Å². The van der Waals surface area contributed by atoms with Gasteiger partial charge in [-0.1, -0.05) is 12.1 Å². The molecule has 64 valence electrons. The van der Waals surface area contributed by atoms with Crippen LogP contribution in [0.15, 0.2) is 24.3 Å². The molecule has 0 aliphatic carbocycles. The minimum atomic E-state index is -0.554. The number of anilines is 1. The fourth-order valence-electron chi connectivity index (χ4n) is 0.921. The normalized spacial score (nSPS) is 9.17. The van der Waals surface area contributed by atoms with Crippen molar-refractivity contribution in [3.8, 4) is 0 Å². The maximum Gasteiger partial charge on any atom is 0.358 e. The quantitative estimate of drug-likeness (QED) is 0.767. The molecule has 0 atom stereocenters. The second-order valence-electron chi connectivity index (χ2n) is 2.16. The second-order valence-corrected chi connectivity index (χ2v) is 2.31. The van der Waals surface area contributed by atoms with Crippen LogP contribution in [-0.2, 0) is 4.29 Å². The van der Waals surface area contributed by atoms with E-state index in [4.69, 9.17) is 11.9 Å². The molecule has 0 aliphatic rings. The molecule has 0 unspecified atom stereocenters. The lowest BCUT2D eigenvalue weighted by atomic mass is 10.2. The number of nitrogens with one attached hydrogen (secondary N) is 1. The molecule has 4 heteroatoms. The third kappa shape index (κ3) is 1.68. The molecule has 0 spiro atoms. The van der Waals surface area contributed by atoms with Crippen LogP contribution >= 0.6 is 11.9 Å². The second kappa shape index (κ2) is 3.97. The van der Waals surface area contributed by atoms with E-state index in [1.54, 1.807) is 25.2 Å². The molecule has 0 saturated heterocycles. The first-order valence-electron chi connectivity index (χ1n) is 3.39. The zero-order chi connectivity index (χ0) is 8.97. The molecule has 0 fully saturated rings. The number of para-hydroxylation sites is 1. The summed E-state index contributed by atoms with van der Waals surface area (Å²) in [7, 11) is 1.72. The number of benzene rings is 1. The summed E-state index contributed by atoms with van der Waals surface area (Å²) in [5.74, 6) is -0.554. The summed E-state index contributed by atoms with van der Waals surface area (Å²) in [5, 5.41) is 2.85. The van der Waals surface area contributed by atoms with E-state index >= 15 is 0 Å². The van der Waals surface area contributed by atoms with E-state index in [0.29, 0.717) is 11.3 Å². The first-order chi connectivity index (χ1) is 5.79. The van der Waals surface area contributed by atoms with Gasteiger partial charge in [0, 0.05) is 12.7 Å². The van der Waals surface area contributed by atoms with Crippen LogP contribution in [0.25, 0.3) is 0 Å². The molecule has 0 aliphatic heterocycles. The highest BCUT2D eigenvalue weighted by molar-refractivity contribution is 6.16. The Hall–Kier alpha value is -1.22. The summed E-state index contributed by atoms with van der Waals surface area (Å²) in [6.45, 7) is 0. The van der Waals surface area contributed by atoms with Crippen LogP contribution < -0.4 is 5.32 Å². The average molecular weight is 186 g/mol. The number of hydrogen-bond acceptors (Lipinski definition) is 3. The lowest BCUT2D eigenvalue weighted by Crippen LogP contribution is -2.02. The van der Waals surface area contributed by atoms with Gasteiger partial charge in [-0.2, -0.15) is 0 Å². The SMILES string of the molecule is CNc1ccccc1C(=O)OCl. The zero-order valence-corrected chi connectivity index (χ0v) is 7.26. The Labute approximate surface area is 75.5 Å². The van der Waals surface area contributed by atoms with Gasteiger partial charge in [0.15, 0.2) is 0 Å². The fourth-order valence-corrected chi connectivity index (χ4v) is 1.00. The van der Waals surface area contributed by atoms with Crippen molar-refractivity contribution in [3.05, 3.63) is 29.8 Å². The van der Waals surface area contributed by atoms with Crippen LogP contribution in [0, 0.1) is 0 Å². The Morgan fingerprint density at radius 3 is 2.75 bits per heavy atom. The van der Waals surface area contributed by atoms with Crippen molar-refractivity contribution in [3.63, 3.8) is 0 Å². The van der Waals surface area contributed by atoms with Crippen LogP contribution in [0.1, 0.15) is 10.4 Å². The van der Waals surface area contributed by atoms with Crippen molar-refractivity contribution < 1.29 is 9.08 Å². The number of hydrogen-bond donors (Lipinski definition) is 1. The summed E-state index contributed by atoms with van der Waals surface area (Å²) >= 11 is 4.94. The molecule has 3 nitrogen and oxygen atoms in total. The van der Waals surface area contributed by atoms with Crippen molar-refractivity contribution in [1.82, 2.24) is 0 Å². The first-order valence-corrected chi connectivity index (χ1v) is 3.70. The van der Waals surface area contributed by atoms with Gasteiger partial charge in [-0.3, -0.25) is 0 Å². The van der Waals surface area contributed by atoms with E-state index in [1.807, 2.05) is 6.07 Å². The van der Waals surface area contributed by atoms with Crippen molar-refractivity contribution in [2.75, 3.05) is 12.4 Å².